The first-order valence-electron chi connectivity index (χ1n) is 10.1. The Morgan fingerprint density at radius 1 is 1.31 bits per heavy atom. The monoisotopic (exact) mass is 412 g/mol. The molecule has 2 aliphatic rings. The topological polar surface area (TPSA) is 60.1 Å². The van der Waals surface area contributed by atoms with E-state index in [1.54, 1.807) is 18.9 Å². The maximum atomic E-state index is 5.82. The normalized spacial score (nSPS) is 20.6. The summed E-state index contributed by atoms with van der Waals surface area (Å²) in [6, 6.07) is 10.2. The van der Waals surface area contributed by atoms with E-state index in [0.29, 0.717) is 12.6 Å². The summed E-state index contributed by atoms with van der Waals surface area (Å²) < 4.78 is 13.4. The van der Waals surface area contributed by atoms with Crippen LogP contribution in [-0.4, -0.2) is 41.0 Å². The highest BCUT2D eigenvalue weighted by Gasteiger charge is 2.22. The standard InChI is InChI=1S/C22H28N4O2S/c1-15-11-20(16(2)26(15)13-19-5-4-10-28-19)21-14-29-22(25-24-21)23-12-17-6-8-18(27-3)9-7-17/h6-9,11,19H,4-5,10,12-14H2,1-3H3,(H,23,25)/t19-/m1/s1. The molecule has 1 aromatic heterocycles. The molecular formula is C22H28N4O2S. The number of ether oxygens (including phenoxy) is 2. The van der Waals surface area contributed by atoms with Crippen LogP contribution in [0.4, 0.5) is 0 Å². The van der Waals surface area contributed by atoms with E-state index in [9.17, 15) is 0 Å². The van der Waals surface area contributed by atoms with Gasteiger partial charge in [-0.05, 0) is 50.5 Å². The summed E-state index contributed by atoms with van der Waals surface area (Å²) in [5, 5.41) is 5.48. The molecule has 1 atom stereocenters. The van der Waals surface area contributed by atoms with Crippen molar-refractivity contribution >= 4 is 22.6 Å². The number of aryl methyl sites for hydroxylation is 1. The summed E-state index contributed by atoms with van der Waals surface area (Å²) in [7, 11) is 1.67. The lowest BCUT2D eigenvalue weighted by atomic mass is 10.1. The first-order chi connectivity index (χ1) is 14.1. The number of aliphatic imine (C=N–C) groups is 1. The number of hydrogen-bond donors (Lipinski definition) is 1. The van der Waals surface area contributed by atoms with Crippen molar-refractivity contribution in [1.82, 2.24) is 9.99 Å². The quantitative estimate of drug-likeness (QED) is 0.782. The average Bonchev–Trinajstić information content (AvgIpc) is 3.37. The zero-order valence-electron chi connectivity index (χ0n) is 17.3. The number of thioether (sulfide) groups is 1. The molecule has 1 saturated heterocycles. The highest BCUT2D eigenvalue weighted by Crippen LogP contribution is 2.23. The number of nitrogens with zero attached hydrogens (tertiary/aromatic N) is 3. The van der Waals surface area contributed by atoms with Gasteiger partial charge in [0.2, 0.25) is 0 Å². The molecule has 0 saturated carbocycles. The van der Waals surface area contributed by atoms with Crippen molar-refractivity contribution in [2.75, 3.05) is 19.5 Å². The Balaban J connectivity index is 1.41. The third-order valence-corrected chi connectivity index (χ3v) is 6.40. The molecule has 0 radical (unpaired) electrons. The van der Waals surface area contributed by atoms with E-state index >= 15 is 0 Å². The Bertz CT molecular complexity index is 912. The van der Waals surface area contributed by atoms with Gasteiger partial charge in [0.05, 0.1) is 25.5 Å². The van der Waals surface area contributed by atoms with Gasteiger partial charge in [0.25, 0.3) is 0 Å². The van der Waals surface area contributed by atoms with Crippen LogP contribution in [0.3, 0.4) is 0 Å². The van der Waals surface area contributed by atoms with E-state index in [-0.39, 0.29) is 0 Å². The molecule has 2 aromatic rings. The second-order valence-corrected chi connectivity index (χ2v) is 8.42. The molecule has 4 rings (SSSR count). The third-order valence-electron chi connectivity index (χ3n) is 5.49. The van der Waals surface area contributed by atoms with Crippen molar-refractivity contribution in [1.29, 1.82) is 0 Å². The van der Waals surface area contributed by atoms with Gasteiger partial charge in [0.15, 0.2) is 5.17 Å². The van der Waals surface area contributed by atoms with Crippen molar-refractivity contribution in [3.8, 4) is 5.75 Å². The number of hydrazone groups is 1. The summed E-state index contributed by atoms with van der Waals surface area (Å²) in [5.74, 6) is 1.68. The zero-order valence-corrected chi connectivity index (χ0v) is 18.1. The fourth-order valence-corrected chi connectivity index (χ4v) is 4.56. The van der Waals surface area contributed by atoms with Crippen LogP contribution in [0.1, 0.15) is 35.4 Å². The molecule has 0 unspecified atom stereocenters. The van der Waals surface area contributed by atoms with E-state index in [2.05, 4.69) is 40.0 Å². The predicted octanol–water partition coefficient (Wildman–Crippen LogP) is 3.89. The Kier molecular flexibility index (Phi) is 6.25. The highest BCUT2D eigenvalue weighted by atomic mass is 32.2. The largest absolute Gasteiger partial charge is 0.497 e. The van der Waals surface area contributed by atoms with Crippen molar-refractivity contribution in [3.05, 3.63) is 52.8 Å². The number of hydrogen-bond acceptors (Lipinski definition) is 5. The van der Waals surface area contributed by atoms with E-state index in [0.717, 1.165) is 47.5 Å². The highest BCUT2D eigenvalue weighted by molar-refractivity contribution is 8.14. The van der Waals surface area contributed by atoms with Gasteiger partial charge in [0.1, 0.15) is 5.75 Å². The van der Waals surface area contributed by atoms with Crippen LogP contribution >= 0.6 is 11.8 Å². The summed E-state index contributed by atoms with van der Waals surface area (Å²) in [4.78, 5) is 4.65. The SMILES string of the molecule is COc1ccc(CN=C2NN=C(c3cc(C)n(C[C@H]4CCCO4)c3C)CS2)cc1. The number of methoxy groups -OCH3 is 1. The molecule has 29 heavy (non-hydrogen) atoms. The first-order valence-corrected chi connectivity index (χ1v) is 11.0. The van der Waals surface area contributed by atoms with Crippen molar-refractivity contribution in [2.24, 2.45) is 10.1 Å². The van der Waals surface area contributed by atoms with Crippen LogP contribution in [-0.2, 0) is 17.8 Å². The minimum absolute atomic E-state index is 0.338. The number of amidine groups is 1. The molecule has 1 aromatic carbocycles. The molecule has 0 spiro atoms. The predicted molar refractivity (Wildman–Crippen MR) is 119 cm³/mol. The summed E-state index contributed by atoms with van der Waals surface area (Å²) in [6.07, 6.45) is 2.66. The maximum absolute atomic E-state index is 5.82. The molecule has 154 valence electrons. The van der Waals surface area contributed by atoms with Gasteiger partial charge in [-0.3, -0.25) is 10.4 Å². The van der Waals surface area contributed by atoms with E-state index in [1.807, 2.05) is 24.3 Å². The van der Waals surface area contributed by atoms with Gasteiger partial charge in [-0.25, -0.2) is 0 Å². The van der Waals surface area contributed by atoms with E-state index in [4.69, 9.17) is 9.47 Å². The molecule has 0 aliphatic carbocycles. The fourth-order valence-electron chi connectivity index (χ4n) is 3.80. The van der Waals surface area contributed by atoms with Gasteiger partial charge >= 0.3 is 0 Å². The van der Waals surface area contributed by atoms with Gasteiger partial charge in [-0.1, -0.05) is 23.9 Å². The average molecular weight is 413 g/mol. The fraction of sp³-hybridized carbons (Fsp3) is 0.455. The summed E-state index contributed by atoms with van der Waals surface area (Å²) in [5.41, 5.74) is 9.10. The summed E-state index contributed by atoms with van der Waals surface area (Å²) >= 11 is 1.70. The minimum atomic E-state index is 0.338. The molecule has 0 bridgehead atoms. The van der Waals surface area contributed by atoms with Crippen molar-refractivity contribution in [3.63, 3.8) is 0 Å². The molecule has 1 N–H and O–H groups in total. The van der Waals surface area contributed by atoms with Crippen LogP contribution in [0.25, 0.3) is 0 Å². The van der Waals surface area contributed by atoms with Crippen LogP contribution in [0, 0.1) is 13.8 Å². The van der Waals surface area contributed by atoms with Gasteiger partial charge in [-0.2, -0.15) is 5.10 Å². The molecule has 7 heteroatoms. The molecule has 1 fully saturated rings. The van der Waals surface area contributed by atoms with Crippen molar-refractivity contribution < 1.29 is 9.47 Å². The number of aromatic nitrogens is 1. The smallest absolute Gasteiger partial charge is 0.177 e. The Morgan fingerprint density at radius 3 is 2.79 bits per heavy atom. The lowest BCUT2D eigenvalue weighted by Gasteiger charge is -2.17. The van der Waals surface area contributed by atoms with Crippen molar-refractivity contribution in [2.45, 2.75) is 45.9 Å². The Labute approximate surface area is 176 Å². The van der Waals surface area contributed by atoms with Crippen LogP contribution in [0.15, 0.2) is 40.4 Å². The minimum Gasteiger partial charge on any atom is -0.497 e. The number of rotatable bonds is 6. The maximum Gasteiger partial charge on any atom is 0.177 e. The molecule has 2 aliphatic heterocycles. The summed E-state index contributed by atoms with van der Waals surface area (Å²) in [6.45, 7) is 6.79. The van der Waals surface area contributed by atoms with Crippen LogP contribution in [0.2, 0.25) is 0 Å². The van der Waals surface area contributed by atoms with E-state index < -0.39 is 0 Å². The van der Waals surface area contributed by atoms with Crippen LogP contribution < -0.4 is 10.2 Å². The molecule has 6 nitrogen and oxygen atoms in total. The molecule has 3 heterocycles. The number of nitrogens with one attached hydrogen (secondary N) is 1. The first kappa shape index (κ1) is 20.0. The van der Waals surface area contributed by atoms with Gasteiger partial charge in [0, 0.05) is 35.9 Å². The zero-order chi connectivity index (χ0) is 20.2. The lowest BCUT2D eigenvalue weighted by Crippen LogP contribution is -2.26. The molecular weight excluding hydrogens is 384 g/mol. The van der Waals surface area contributed by atoms with Crippen LogP contribution in [0.5, 0.6) is 5.75 Å². The van der Waals surface area contributed by atoms with E-state index in [1.165, 1.54) is 23.4 Å². The Morgan fingerprint density at radius 2 is 2.14 bits per heavy atom. The van der Waals surface area contributed by atoms with Gasteiger partial charge < -0.3 is 14.0 Å². The lowest BCUT2D eigenvalue weighted by molar-refractivity contribution is 0.0962. The molecule has 0 amide bonds. The number of benzene rings is 1. The van der Waals surface area contributed by atoms with Gasteiger partial charge in [-0.15, -0.1) is 0 Å². The third kappa shape index (κ3) is 4.67. The Hall–Kier alpha value is -2.25. The second-order valence-electron chi connectivity index (χ2n) is 7.46. The second kappa shape index (κ2) is 9.05.